The van der Waals surface area contributed by atoms with Gasteiger partial charge in [0, 0.05) is 11.6 Å². The normalized spacial score (nSPS) is 11.4. The molecule has 0 heterocycles. The van der Waals surface area contributed by atoms with Gasteiger partial charge in [0.15, 0.2) is 0 Å². The Hall–Kier alpha value is -1.67. The number of carboxylic acid groups (broad SMARTS) is 1. The van der Waals surface area contributed by atoms with Crippen LogP contribution in [0.5, 0.6) is 0 Å². The van der Waals surface area contributed by atoms with Gasteiger partial charge in [0.2, 0.25) is 0 Å². The summed E-state index contributed by atoms with van der Waals surface area (Å²) in [6, 6.07) is 0. The SMILES string of the molecule is C=C(CC=CC(=O)O)C(=O)OCCS(=O)(=O)O. The van der Waals surface area contributed by atoms with E-state index in [4.69, 9.17) is 9.66 Å². The molecule has 0 rings (SSSR count). The van der Waals surface area contributed by atoms with Crippen molar-refractivity contribution < 1.29 is 32.4 Å². The zero-order valence-corrected chi connectivity index (χ0v) is 9.64. The van der Waals surface area contributed by atoms with Gasteiger partial charge in [0.1, 0.15) is 12.4 Å². The third-order valence-corrected chi connectivity index (χ3v) is 2.17. The van der Waals surface area contributed by atoms with Gasteiger partial charge in [-0.25, -0.2) is 9.59 Å². The van der Waals surface area contributed by atoms with Gasteiger partial charge in [-0.3, -0.25) is 4.55 Å². The third kappa shape index (κ3) is 9.27. The Morgan fingerprint density at radius 1 is 1.35 bits per heavy atom. The minimum absolute atomic E-state index is 0.0159. The molecular formula is C9H12O7S. The molecule has 0 fully saturated rings. The molecule has 17 heavy (non-hydrogen) atoms. The molecule has 0 aromatic heterocycles. The van der Waals surface area contributed by atoms with E-state index in [9.17, 15) is 18.0 Å². The number of carboxylic acids is 1. The van der Waals surface area contributed by atoms with Crippen LogP contribution in [0.3, 0.4) is 0 Å². The van der Waals surface area contributed by atoms with E-state index < -0.39 is 34.4 Å². The Morgan fingerprint density at radius 3 is 2.41 bits per heavy atom. The molecule has 96 valence electrons. The van der Waals surface area contributed by atoms with E-state index >= 15 is 0 Å². The Balaban J connectivity index is 3.99. The van der Waals surface area contributed by atoms with Gasteiger partial charge in [-0.2, -0.15) is 8.42 Å². The second kappa shape index (κ2) is 6.81. The summed E-state index contributed by atoms with van der Waals surface area (Å²) in [6.07, 6.45) is 2.03. The van der Waals surface area contributed by atoms with Gasteiger partial charge in [0.05, 0.1) is 0 Å². The third-order valence-electron chi connectivity index (χ3n) is 1.49. The van der Waals surface area contributed by atoms with Crippen LogP contribution in [0.1, 0.15) is 6.42 Å². The molecule has 0 aromatic rings. The lowest BCUT2D eigenvalue weighted by molar-refractivity contribution is -0.138. The highest BCUT2D eigenvalue weighted by Gasteiger charge is 2.10. The number of allylic oxidation sites excluding steroid dienone is 1. The topological polar surface area (TPSA) is 118 Å². The largest absolute Gasteiger partial charge is 0.478 e. The van der Waals surface area contributed by atoms with E-state index in [1.807, 2.05) is 0 Å². The van der Waals surface area contributed by atoms with Gasteiger partial charge in [-0.15, -0.1) is 0 Å². The summed E-state index contributed by atoms with van der Waals surface area (Å²) in [5, 5.41) is 8.27. The molecule has 0 amide bonds. The minimum atomic E-state index is -4.17. The number of ether oxygens (including phenoxy) is 1. The van der Waals surface area contributed by atoms with Gasteiger partial charge in [-0.05, 0) is 6.42 Å². The number of hydrogen-bond acceptors (Lipinski definition) is 5. The van der Waals surface area contributed by atoms with E-state index in [1.165, 1.54) is 6.08 Å². The van der Waals surface area contributed by atoms with E-state index in [-0.39, 0.29) is 12.0 Å². The molecule has 0 bridgehead atoms. The molecule has 8 heteroatoms. The van der Waals surface area contributed by atoms with Crippen molar-refractivity contribution in [3.63, 3.8) is 0 Å². The standard InChI is InChI=1S/C9H12O7S/c1-7(3-2-4-8(10)11)9(12)16-5-6-17(13,14)15/h2,4H,1,3,5-6H2,(H,10,11)(H,13,14,15). The second-order valence-electron chi connectivity index (χ2n) is 2.97. The molecule has 0 aliphatic carbocycles. The zero-order valence-electron chi connectivity index (χ0n) is 8.83. The number of carbonyl (C=O) groups excluding carboxylic acids is 1. The van der Waals surface area contributed by atoms with Crippen molar-refractivity contribution in [1.29, 1.82) is 0 Å². The fourth-order valence-corrected chi connectivity index (χ4v) is 1.02. The summed E-state index contributed by atoms with van der Waals surface area (Å²) in [7, 11) is -4.17. The molecule has 0 aromatic carbocycles. The average Bonchev–Trinajstić information content (AvgIpc) is 2.14. The number of aliphatic carboxylic acids is 1. The maximum Gasteiger partial charge on any atom is 0.333 e. The van der Waals surface area contributed by atoms with Crippen molar-refractivity contribution in [3.05, 3.63) is 24.3 Å². The van der Waals surface area contributed by atoms with Crippen molar-refractivity contribution in [2.75, 3.05) is 12.4 Å². The van der Waals surface area contributed by atoms with Crippen LogP contribution in [0.2, 0.25) is 0 Å². The first-order chi connectivity index (χ1) is 7.72. The smallest absolute Gasteiger partial charge is 0.333 e. The molecule has 2 N–H and O–H groups in total. The van der Waals surface area contributed by atoms with E-state index in [0.717, 1.165) is 6.08 Å². The molecule has 0 atom stereocenters. The van der Waals surface area contributed by atoms with Gasteiger partial charge in [-0.1, -0.05) is 12.7 Å². The number of esters is 1. The first kappa shape index (κ1) is 15.3. The highest BCUT2D eigenvalue weighted by molar-refractivity contribution is 7.85. The predicted octanol–water partition coefficient (Wildman–Crippen LogP) is 0.00450. The molecular weight excluding hydrogens is 252 g/mol. The maximum absolute atomic E-state index is 11.1. The number of hydrogen-bond donors (Lipinski definition) is 2. The Labute approximate surface area is 98.1 Å². The fraction of sp³-hybridized carbons (Fsp3) is 0.333. The molecule has 0 unspecified atom stereocenters. The van der Waals surface area contributed by atoms with Crippen LogP contribution in [0.25, 0.3) is 0 Å². The van der Waals surface area contributed by atoms with Crippen LogP contribution in [0.15, 0.2) is 24.3 Å². The van der Waals surface area contributed by atoms with Crippen LogP contribution in [0, 0.1) is 0 Å². The van der Waals surface area contributed by atoms with E-state index in [1.54, 1.807) is 0 Å². The van der Waals surface area contributed by atoms with Gasteiger partial charge < -0.3 is 9.84 Å². The molecule has 7 nitrogen and oxygen atoms in total. The van der Waals surface area contributed by atoms with Crippen LogP contribution >= 0.6 is 0 Å². The van der Waals surface area contributed by atoms with Gasteiger partial charge in [0.25, 0.3) is 10.1 Å². The maximum atomic E-state index is 11.1. The minimum Gasteiger partial charge on any atom is -0.478 e. The molecule has 0 aliphatic rings. The lowest BCUT2D eigenvalue weighted by Crippen LogP contribution is -2.15. The summed E-state index contributed by atoms with van der Waals surface area (Å²) in [5.74, 6) is -2.70. The Bertz CT molecular complexity index is 432. The van der Waals surface area contributed by atoms with Crippen molar-refractivity contribution in [2.45, 2.75) is 6.42 Å². The summed E-state index contributed by atoms with van der Waals surface area (Å²) < 4.78 is 33.4. The van der Waals surface area contributed by atoms with Crippen molar-refractivity contribution in [1.82, 2.24) is 0 Å². The molecule has 0 saturated carbocycles. The highest BCUT2D eigenvalue weighted by atomic mass is 32.2. The van der Waals surface area contributed by atoms with E-state index in [2.05, 4.69) is 11.3 Å². The molecule has 0 aliphatic heterocycles. The number of rotatable bonds is 7. The van der Waals surface area contributed by atoms with Crippen LogP contribution in [-0.4, -0.2) is 42.4 Å². The molecule has 0 saturated heterocycles. The number of carbonyl (C=O) groups is 2. The van der Waals surface area contributed by atoms with Crippen LogP contribution < -0.4 is 0 Å². The Morgan fingerprint density at radius 2 is 1.94 bits per heavy atom. The summed E-state index contributed by atoms with van der Waals surface area (Å²) in [4.78, 5) is 21.2. The first-order valence-corrected chi connectivity index (χ1v) is 6.03. The first-order valence-electron chi connectivity index (χ1n) is 4.42. The summed E-state index contributed by atoms with van der Waals surface area (Å²) in [5.41, 5.74) is -0.0159. The van der Waals surface area contributed by atoms with Gasteiger partial charge >= 0.3 is 11.9 Å². The van der Waals surface area contributed by atoms with Crippen LogP contribution in [-0.2, 0) is 24.4 Å². The monoisotopic (exact) mass is 264 g/mol. The van der Waals surface area contributed by atoms with Crippen LogP contribution in [0.4, 0.5) is 0 Å². The van der Waals surface area contributed by atoms with E-state index in [0.29, 0.717) is 0 Å². The zero-order chi connectivity index (χ0) is 13.5. The van der Waals surface area contributed by atoms with Crippen molar-refractivity contribution >= 4 is 22.1 Å². The van der Waals surface area contributed by atoms with Crippen molar-refractivity contribution in [3.8, 4) is 0 Å². The summed E-state index contributed by atoms with van der Waals surface area (Å²) >= 11 is 0. The highest BCUT2D eigenvalue weighted by Crippen LogP contribution is 2.02. The fourth-order valence-electron chi connectivity index (χ4n) is 0.727. The lowest BCUT2D eigenvalue weighted by atomic mass is 10.2. The Kier molecular flexibility index (Phi) is 6.15. The predicted molar refractivity (Wildman–Crippen MR) is 57.9 cm³/mol. The van der Waals surface area contributed by atoms with Crippen molar-refractivity contribution in [2.24, 2.45) is 0 Å². The second-order valence-corrected chi connectivity index (χ2v) is 4.54. The molecule has 0 radical (unpaired) electrons. The average molecular weight is 264 g/mol. The summed E-state index contributed by atoms with van der Waals surface area (Å²) in [6.45, 7) is 2.85. The molecule has 0 spiro atoms. The quantitative estimate of drug-likeness (QED) is 0.377. The lowest BCUT2D eigenvalue weighted by Gasteiger charge is -2.03.